The van der Waals surface area contributed by atoms with Gasteiger partial charge in [-0.3, -0.25) is 0 Å². The van der Waals surface area contributed by atoms with Crippen LogP contribution in [-0.4, -0.2) is 44.0 Å². The van der Waals surface area contributed by atoms with Gasteiger partial charge >= 0.3 is 0 Å². The first-order valence-electron chi connectivity index (χ1n) is 5.17. The summed E-state index contributed by atoms with van der Waals surface area (Å²) >= 11 is 0. The van der Waals surface area contributed by atoms with Crippen molar-refractivity contribution in [3.8, 4) is 0 Å². The van der Waals surface area contributed by atoms with E-state index in [0.717, 1.165) is 13.2 Å². The Morgan fingerprint density at radius 1 is 1.15 bits per heavy atom. The molecule has 3 heteroatoms. The first-order chi connectivity index (χ1) is 6.21. The number of hydrogen-bond donors (Lipinski definition) is 0. The van der Waals surface area contributed by atoms with E-state index in [1.54, 1.807) is 0 Å². The van der Waals surface area contributed by atoms with Crippen molar-refractivity contribution in [3.63, 3.8) is 0 Å². The predicted octanol–water partition coefficient (Wildman–Crippen LogP) is 1.09. The molecule has 0 atom stereocenters. The monoisotopic (exact) mass is 185 g/mol. The van der Waals surface area contributed by atoms with Crippen molar-refractivity contribution >= 4 is 0 Å². The maximum absolute atomic E-state index is 5.67. The van der Waals surface area contributed by atoms with Crippen LogP contribution in [0.1, 0.15) is 19.8 Å². The van der Waals surface area contributed by atoms with E-state index in [2.05, 4.69) is 18.9 Å². The number of nitrogens with zero attached hydrogens (tertiary/aromatic N) is 1. The minimum atomic E-state index is -0.277. The van der Waals surface area contributed by atoms with Gasteiger partial charge in [0.1, 0.15) is 0 Å². The fraction of sp³-hybridized carbons (Fsp3) is 1.00. The van der Waals surface area contributed by atoms with Gasteiger partial charge in [0.05, 0.1) is 13.2 Å². The molecular formula is C10H19NO2. The quantitative estimate of drug-likeness (QED) is 0.610. The highest BCUT2D eigenvalue weighted by Gasteiger charge is 2.40. The van der Waals surface area contributed by atoms with Crippen LogP contribution < -0.4 is 0 Å². The Morgan fingerprint density at radius 2 is 1.69 bits per heavy atom. The minimum absolute atomic E-state index is 0.277. The van der Waals surface area contributed by atoms with E-state index < -0.39 is 0 Å². The molecule has 3 nitrogen and oxygen atoms in total. The molecule has 0 aromatic heterocycles. The van der Waals surface area contributed by atoms with Gasteiger partial charge in [0.25, 0.3) is 0 Å². The van der Waals surface area contributed by atoms with E-state index in [1.807, 2.05) is 0 Å². The second-order valence-corrected chi connectivity index (χ2v) is 4.29. The van der Waals surface area contributed by atoms with Crippen molar-refractivity contribution in [2.24, 2.45) is 5.92 Å². The number of ether oxygens (including phenoxy) is 2. The zero-order valence-electron chi connectivity index (χ0n) is 8.58. The normalized spacial score (nSPS) is 30.9. The van der Waals surface area contributed by atoms with Crippen molar-refractivity contribution in [1.82, 2.24) is 4.90 Å². The average Bonchev–Trinajstić information content (AvgIpc) is 2.54. The van der Waals surface area contributed by atoms with Crippen LogP contribution in [0.2, 0.25) is 0 Å². The lowest BCUT2D eigenvalue weighted by Crippen LogP contribution is -2.43. The summed E-state index contributed by atoms with van der Waals surface area (Å²) in [4.78, 5) is 2.37. The maximum Gasteiger partial charge on any atom is 0.168 e. The number of likely N-dealkylation sites (tertiary alicyclic amines) is 1. The van der Waals surface area contributed by atoms with Crippen molar-refractivity contribution in [2.45, 2.75) is 25.6 Å². The number of piperidine rings is 1. The largest absolute Gasteiger partial charge is 0.348 e. The lowest BCUT2D eigenvalue weighted by atomic mass is 9.89. The smallest absolute Gasteiger partial charge is 0.168 e. The van der Waals surface area contributed by atoms with Crippen LogP contribution in [0.15, 0.2) is 0 Å². The summed E-state index contributed by atoms with van der Waals surface area (Å²) in [5, 5.41) is 0. The SMILES string of the molecule is CN1CCC(C2(C)OCCO2)CC1. The Labute approximate surface area is 80.0 Å². The Balaban J connectivity index is 1.93. The van der Waals surface area contributed by atoms with Gasteiger partial charge in [-0.25, -0.2) is 0 Å². The van der Waals surface area contributed by atoms with Gasteiger partial charge < -0.3 is 14.4 Å². The number of hydrogen-bond acceptors (Lipinski definition) is 3. The molecule has 0 aromatic rings. The molecule has 0 aliphatic carbocycles. The summed E-state index contributed by atoms with van der Waals surface area (Å²) in [6.45, 7) is 5.97. The Hall–Kier alpha value is -0.120. The van der Waals surface area contributed by atoms with Crippen LogP contribution in [0.3, 0.4) is 0 Å². The molecule has 0 aromatic carbocycles. The van der Waals surface area contributed by atoms with Crippen LogP contribution in [0.25, 0.3) is 0 Å². The lowest BCUT2D eigenvalue weighted by molar-refractivity contribution is -0.189. The third-order valence-corrected chi connectivity index (χ3v) is 3.32. The molecule has 2 aliphatic heterocycles. The van der Waals surface area contributed by atoms with Gasteiger partial charge in [-0.05, 0) is 39.9 Å². The molecule has 2 aliphatic rings. The Kier molecular flexibility index (Phi) is 2.58. The van der Waals surface area contributed by atoms with Crippen LogP contribution >= 0.6 is 0 Å². The lowest BCUT2D eigenvalue weighted by Gasteiger charge is -2.37. The molecule has 76 valence electrons. The fourth-order valence-electron chi connectivity index (χ4n) is 2.30. The average molecular weight is 185 g/mol. The zero-order chi connectivity index (χ0) is 9.31. The minimum Gasteiger partial charge on any atom is -0.348 e. The summed E-state index contributed by atoms with van der Waals surface area (Å²) in [6.07, 6.45) is 2.40. The summed E-state index contributed by atoms with van der Waals surface area (Å²) < 4.78 is 11.3. The second-order valence-electron chi connectivity index (χ2n) is 4.29. The summed E-state index contributed by atoms with van der Waals surface area (Å²) in [6, 6.07) is 0. The van der Waals surface area contributed by atoms with Crippen molar-refractivity contribution in [2.75, 3.05) is 33.4 Å². The highest BCUT2D eigenvalue weighted by molar-refractivity contribution is 4.82. The van der Waals surface area contributed by atoms with Gasteiger partial charge in [-0.2, -0.15) is 0 Å². The van der Waals surface area contributed by atoms with E-state index in [-0.39, 0.29) is 5.79 Å². The van der Waals surface area contributed by atoms with E-state index in [9.17, 15) is 0 Å². The predicted molar refractivity (Wildman–Crippen MR) is 50.5 cm³/mol. The van der Waals surface area contributed by atoms with E-state index in [4.69, 9.17) is 9.47 Å². The fourth-order valence-corrected chi connectivity index (χ4v) is 2.30. The highest BCUT2D eigenvalue weighted by Crippen LogP contribution is 2.34. The van der Waals surface area contributed by atoms with Crippen LogP contribution in [0.5, 0.6) is 0 Å². The molecule has 2 fully saturated rings. The zero-order valence-corrected chi connectivity index (χ0v) is 8.58. The first-order valence-corrected chi connectivity index (χ1v) is 5.17. The highest BCUT2D eigenvalue weighted by atomic mass is 16.7. The third kappa shape index (κ3) is 1.87. The molecule has 0 amide bonds. The molecule has 0 spiro atoms. The summed E-state index contributed by atoms with van der Waals surface area (Å²) in [5.41, 5.74) is 0. The van der Waals surface area contributed by atoms with E-state index in [0.29, 0.717) is 5.92 Å². The molecule has 2 heterocycles. The van der Waals surface area contributed by atoms with Gasteiger partial charge in [0, 0.05) is 5.92 Å². The third-order valence-electron chi connectivity index (χ3n) is 3.32. The van der Waals surface area contributed by atoms with E-state index in [1.165, 1.54) is 25.9 Å². The topological polar surface area (TPSA) is 21.7 Å². The molecule has 0 bridgehead atoms. The first kappa shape index (κ1) is 9.44. The van der Waals surface area contributed by atoms with E-state index >= 15 is 0 Å². The summed E-state index contributed by atoms with van der Waals surface area (Å²) in [5.74, 6) is 0.313. The summed E-state index contributed by atoms with van der Waals surface area (Å²) in [7, 11) is 2.18. The number of rotatable bonds is 1. The van der Waals surface area contributed by atoms with Gasteiger partial charge in [-0.15, -0.1) is 0 Å². The van der Waals surface area contributed by atoms with Crippen LogP contribution in [-0.2, 0) is 9.47 Å². The van der Waals surface area contributed by atoms with Crippen molar-refractivity contribution in [1.29, 1.82) is 0 Å². The van der Waals surface area contributed by atoms with Crippen LogP contribution in [0, 0.1) is 5.92 Å². The maximum atomic E-state index is 5.67. The molecule has 0 radical (unpaired) electrons. The molecule has 13 heavy (non-hydrogen) atoms. The van der Waals surface area contributed by atoms with Gasteiger partial charge in [-0.1, -0.05) is 0 Å². The molecule has 0 N–H and O–H groups in total. The second kappa shape index (κ2) is 3.56. The van der Waals surface area contributed by atoms with Gasteiger partial charge in [0.2, 0.25) is 0 Å². The molecule has 0 unspecified atom stereocenters. The Morgan fingerprint density at radius 3 is 2.23 bits per heavy atom. The Bertz CT molecular complexity index is 170. The van der Waals surface area contributed by atoms with Crippen molar-refractivity contribution < 1.29 is 9.47 Å². The standard InChI is InChI=1S/C10H19NO2/c1-10(12-7-8-13-10)9-3-5-11(2)6-4-9/h9H,3-8H2,1-2H3. The van der Waals surface area contributed by atoms with Gasteiger partial charge in [0.15, 0.2) is 5.79 Å². The molecule has 0 saturated carbocycles. The van der Waals surface area contributed by atoms with Crippen LogP contribution in [0.4, 0.5) is 0 Å². The molecular weight excluding hydrogens is 166 g/mol. The molecule has 2 rings (SSSR count). The van der Waals surface area contributed by atoms with Crippen molar-refractivity contribution in [3.05, 3.63) is 0 Å². The molecule has 2 saturated heterocycles.